The van der Waals surface area contributed by atoms with Crippen molar-refractivity contribution in [3.05, 3.63) is 35.5 Å². The van der Waals surface area contributed by atoms with Crippen molar-refractivity contribution in [1.82, 2.24) is 4.98 Å². The molecule has 1 aromatic carbocycles. The number of hydrogen-bond donors (Lipinski definition) is 2. The summed E-state index contributed by atoms with van der Waals surface area (Å²) in [6.45, 7) is 0. The average Bonchev–Trinajstić information content (AvgIpc) is 2.98. The zero-order valence-corrected chi connectivity index (χ0v) is 8.86. The van der Waals surface area contributed by atoms with E-state index >= 15 is 0 Å². The molecule has 0 saturated heterocycles. The van der Waals surface area contributed by atoms with Gasteiger partial charge in [0.05, 0.1) is 6.42 Å². The molecule has 0 bridgehead atoms. The van der Waals surface area contributed by atoms with Gasteiger partial charge >= 0.3 is 5.97 Å². The fourth-order valence-electron chi connectivity index (χ4n) is 2.17. The van der Waals surface area contributed by atoms with Crippen LogP contribution in [-0.4, -0.2) is 16.1 Å². The number of hydrogen-bond acceptors (Lipinski definition) is 1. The molecule has 0 spiro atoms. The van der Waals surface area contributed by atoms with Crippen LogP contribution in [0.15, 0.2) is 24.3 Å². The molecule has 1 fully saturated rings. The van der Waals surface area contributed by atoms with Gasteiger partial charge in [0.25, 0.3) is 0 Å². The Morgan fingerprint density at radius 1 is 1.44 bits per heavy atom. The summed E-state index contributed by atoms with van der Waals surface area (Å²) in [6.07, 6.45) is 2.59. The van der Waals surface area contributed by atoms with Gasteiger partial charge in [0.1, 0.15) is 0 Å². The van der Waals surface area contributed by atoms with Gasteiger partial charge < -0.3 is 10.1 Å². The summed E-state index contributed by atoms with van der Waals surface area (Å²) in [6, 6.07) is 7.98. The first-order valence-electron chi connectivity index (χ1n) is 5.56. The Hall–Kier alpha value is -1.77. The van der Waals surface area contributed by atoms with Gasteiger partial charge in [-0.3, -0.25) is 4.79 Å². The summed E-state index contributed by atoms with van der Waals surface area (Å²) >= 11 is 0. The molecule has 0 atom stereocenters. The quantitative estimate of drug-likeness (QED) is 0.827. The van der Waals surface area contributed by atoms with Crippen molar-refractivity contribution in [2.75, 3.05) is 0 Å². The van der Waals surface area contributed by atoms with Crippen LogP contribution >= 0.6 is 0 Å². The molecule has 2 N–H and O–H groups in total. The second-order valence-corrected chi connectivity index (χ2v) is 4.45. The monoisotopic (exact) mass is 215 g/mol. The first-order chi connectivity index (χ1) is 7.74. The Morgan fingerprint density at radius 3 is 2.94 bits per heavy atom. The molecule has 1 aromatic heterocycles. The van der Waals surface area contributed by atoms with Crippen LogP contribution in [-0.2, 0) is 11.2 Å². The van der Waals surface area contributed by atoms with Gasteiger partial charge in [-0.05, 0) is 35.8 Å². The average molecular weight is 215 g/mol. The molecule has 1 saturated carbocycles. The maximum atomic E-state index is 10.8. The Bertz CT molecular complexity index is 552. The number of carbonyl (C=O) groups is 1. The number of nitrogens with one attached hydrogen (secondary N) is 1. The lowest BCUT2D eigenvalue weighted by Crippen LogP contribution is -2.00. The molecule has 16 heavy (non-hydrogen) atoms. The van der Waals surface area contributed by atoms with Crippen LogP contribution in [0.25, 0.3) is 10.9 Å². The maximum Gasteiger partial charge on any atom is 0.307 e. The lowest BCUT2D eigenvalue weighted by molar-refractivity contribution is -0.136. The summed E-state index contributed by atoms with van der Waals surface area (Å²) < 4.78 is 0. The van der Waals surface area contributed by atoms with E-state index in [0.29, 0.717) is 5.92 Å². The molecule has 0 aliphatic heterocycles. The van der Waals surface area contributed by atoms with E-state index in [9.17, 15) is 4.79 Å². The van der Waals surface area contributed by atoms with Crippen molar-refractivity contribution in [1.29, 1.82) is 0 Å². The molecular weight excluding hydrogens is 202 g/mol. The number of aromatic amines is 1. The number of rotatable bonds is 3. The summed E-state index contributed by atoms with van der Waals surface area (Å²) in [5.74, 6) is -0.111. The van der Waals surface area contributed by atoms with E-state index in [0.717, 1.165) is 16.5 Å². The number of fused-ring (bicyclic) bond motifs is 1. The molecule has 3 heteroatoms. The first-order valence-corrected chi connectivity index (χ1v) is 5.56. The number of aromatic nitrogens is 1. The van der Waals surface area contributed by atoms with E-state index in [4.69, 9.17) is 5.11 Å². The van der Waals surface area contributed by atoms with Crippen molar-refractivity contribution in [2.24, 2.45) is 0 Å². The third-order valence-corrected chi connectivity index (χ3v) is 3.12. The Morgan fingerprint density at radius 2 is 2.25 bits per heavy atom. The van der Waals surface area contributed by atoms with Gasteiger partial charge in [-0.25, -0.2) is 0 Å². The van der Waals surface area contributed by atoms with Crippen molar-refractivity contribution in [2.45, 2.75) is 25.2 Å². The van der Waals surface area contributed by atoms with Crippen molar-refractivity contribution in [3.63, 3.8) is 0 Å². The molecule has 3 rings (SSSR count). The third-order valence-electron chi connectivity index (χ3n) is 3.12. The van der Waals surface area contributed by atoms with Crippen LogP contribution in [0.5, 0.6) is 0 Å². The van der Waals surface area contributed by atoms with E-state index in [1.54, 1.807) is 0 Å². The number of benzene rings is 1. The second-order valence-electron chi connectivity index (χ2n) is 4.45. The summed E-state index contributed by atoms with van der Waals surface area (Å²) in [7, 11) is 0. The first kappa shape index (κ1) is 9.46. The Labute approximate surface area is 93.1 Å². The zero-order valence-electron chi connectivity index (χ0n) is 8.86. The number of para-hydroxylation sites is 1. The predicted octanol–water partition coefficient (Wildman–Crippen LogP) is 2.67. The van der Waals surface area contributed by atoms with Crippen molar-refractivity contribution < 1.29 is 9.90 Å². The molecule has 1 heterocycles. The van der Waals surface area contributed by atoms with E-state index < -0.39 is 5.97 Å². The Balaban J connectivity index is 2.09. The molecule has 3 nitrogen and oxygen atoms in total. The van der Waals surface area contributed by atoms with Crippen LogP contribution < -0.4 is 0 Å². The minimum Gasteiger partial charge on any atom is -0.481 e. The van der Waals surface area contributed by atoms with Crippen LogP contribution in [0.4, 0.5) is 0 Å². The van der Waals surface area contributed by atoms with E-state index in [1.807, 2.05) is 18.2 Å². The van der Waals surface area contributed by atoms with E-state index in [1.165, 1.54) is 18.5 Å². The number of aliphatic carboxylic acids is 1. The number of H-pyrrole nitrogens is 1. The largest absolute Gasteiger partial charge is 0.481 e. The van der Waals surface area contributed by atoms with Crippen LogP contribution in [0.3, 0.4) is 0 Å². The minimum atomic E-state index is -0.782. The second kappa shape index (κ2) is 3.37. The van der Waals surface area contributed by atoms with Gasteiger partial charge in [-0.15, -0.1) is 0 Å². The van der Waals surface area contributed by atoms with Gasteiger partial charge in [0, 0.05) is 11.2 Å². The van der Waals surface area contributed by atoms with Gasteiger partial charge in [0.2, 0.25) is 0 Å². The highest BCUT2D eigenvalue weighted by Crippen LogP contribution is 2.40. The number of carboxylic acid groups (broad SMARTS) is 1. The molecule has 1 aliphatic carbocycles. The summed E-state index contributed by atoms with van der Waals surface area (Å²) in [5, 5.41) is 9.97. The Kier molecular flexibility index (Phi) is 1.99. The molecular formula is C13H13NO2. The van der Waals surface area contributed by atoms with Gasteiger partial charge in [-0.2, -0.15) is 0 Å². The van der Waals surface area contributed by atoms with Gasteiger partial charge in [0.15, 0.2) is 0 Å². The third kappa shape index (κ3) is 1.58. The van der Waals surface area contributed by atoms with Crippen LogP contribution in [0.1, 0.15) is 30.0 Å². The van der Waals surface area contributed by atoms with Crippen molar-refractivity contribution >= 4 is 16.9 Å². The lowest BCUT2D eigenvalue weighted by Gasteiger charge is -1.99. The highest BCUT2D eigenvalue weighted by atomic mass is 16.4. The highest BCUT2D eigenvalue weighted by molar-refractivity contribution is 5.87. The van der Waals surface area contributed by atoms with Gasteiger partial charge in [-0.1, -0.05) is 18.2 Å². The number of carboxylic acids is 1. The SMILES string of the molecule is O=C(O)Cc1cccc2cc(C3CC3)[nH]c12. The lowest BCUT2D eigenvalue weighted by atomic mass is 10.1. The molecule has 2 aromatic rings. The van der Waals surface area contributed by atoms with Crippen LogP contribution in [0.2, 0.25) is 0 Å². The molecule has 82 valence electrons. The summed E-state index contributed by atoms with van der Waals surface area (Å²) in [4.78, 5) is 14.1. The highest BCUT2D eigenvalue weighted by Gasteiger charge is 2.25. The van der Waals surface area contributed by atoms with Crippen molar-refractivity contribution in [3.8, 4) is 0 Å². The standard InChI is InChI=1S/C13H13NO2/c15-12(16)7-10-3-1-2-9-6-11(8-4-5-8)14-13(9)10/h1-3,6,8,14H,4-5,7H2,(H,15,16). The summed E-state index contributed by atoms with van der Waals surface area (Å²) in [5.41, 5.74) is 3.12. The maximum absolute atomic E-state index is 10.8. The predicted molar refractivity (Wildman–Crippen MR) is 61.6 cm³/mol. The molecule has 0 radical (unpaired) electrons. The fourth-order valence-corrected chi connectivity index (χ4v) is 2.17. The molecule has 1 aliphatic rings. The molecule has 0 unspecified atom stereocenters. The smallest absolute Gasteiger partial charge is 0.307 e. The fraction of sp³-hybridized carbons (Fsp3) is 0.308. The van der Waals surface area contributed by atoms with E-state index in [-0.39, 0.29) is 6.42 Å². The molecule has 0 amide bonds. The normalized spacial score (nSPS) is 15.5. The van der Waals surface area contributed by atoms with Crippen LogP contribution in [0, 0.1) is 0 Å². The topological polar surface area (TPSA) is 53.1 Å². The van der Waals surface area contributed by atoms with E-state index in [2.05, 4.69) is 11.1 Å². The zero-order chi connectivity index (χ0) is 11.1. The minimum absolute atomic E-state index is 0.0853.